The lowest BCUT2D eigenvalue weighted by atomic mass is 10.2. The lowest BCUT2D eigenvalue weighted by Crippen LogP contribution is -2.44. The monoisotopic (exact) mass is 493 g/mol. The summed E-state index contributed by atoms with van der Waals surface area (Å²) < 4.78 is 25.4. The largest absolute Gasteiger partial charge is 0.338 e. The van der Waals surface area contributed by atoms with E-state index in [1.54, 1.807) is 16.4 Å². The maximum Gasteiger partial charge on any atom is 0.330 e. The van der Waals surface area contributed by atoms with E-state index in [4.69, 9.17) is 0 Å². The van der Waals surface area contributed by atoms with Gasteiger partial charge in [-0.1, -0.05) is 11.8 Å². The van der Waals surface area contributed by atoms with E-state index in [0.29, 0.717) is 29.5 Å². The number of hydrogen-bond donors (Lipinski definition) is 1. The molecule has 2 aromatic rings. The maximum absolute atomic E-state index is 13.3. The van der Waals surface area contributed by atoms with Gasteiger partial charge in [-0.15, -0.1) is 0 Å². The quantitative estimate of drug-likeness (QED) is 0.449. The van der Waals surface area contributed by atoms with Crippen LogP contribution >= 0.6 is 11.8 Å². The van der Waals surface area contributed by atoms with Crippen LogP contribution in [0.4, 0.5) is 0 Å². The molecule has 3 aliphatic rings. The molecule has 2 aromatic heterocycles. The van der Waals surface area contributed by atoms with Gasteiger partial charge in [0.25, 0.3) is 5.56 Å². The molecule has 0 spiro atoms. The normalized spacial score (nSPS) is 23.0. The second-order valence-corrected chi connectivity index (χ2v) is 12.7. The van der Waals surface area contributed by atoms with E-state index in [9.17, 15) is 22.8 Å². The summed E-state index contributed by atoms with van der Waals surface area (Å²) in [4.78, 5) is 51.9. The van der Waals surface area contributed by atoms with Crippen LogP contribution in [0.25, 0.3) is 11.0 Å². The maximum atomic E-state index is 13.3. The van der Waals surface area contributed by atoms with E-state index in [0.717, 1.165) is 25.7 Å². The summed E-state index contributed by atoms with van der Waals surface area (Å²) in [5.41, 5.74) is -0.666. The van der Waals surface area contributed by atoms with Crippen molar-refractivity contribution in [1.82, 2.24) is 24.4 Å². The lowest BCUT2D eigenvalue weighted by Gasteiger charge is -2.29. The van der Waals surface area contributed by atoms with Gasteiger partial charge in [0.05, 0.1) is 16.8 Å². The zero-order chi connectivity index (χ0) is 23.5. The third-order valence-corrected chi connectivity index (χ3v) is 9.36. The van der Waals surface area contributed by atoms with Gasteiger partial charge in [0, 0.05) is 24.5 Å². The summed E-state index contributed by atoms with van der Waals surface area (Å²) in [7, 11) is -3.12. The first-order chi connectivity index (χ1) is 15.7. The smallest absolute Gasteiger partial charge is 0.330 e. The van der Waals surface area contributed by atoms with Crippen LogP contribution in [0.5, 0.6) is 0 Å². The molecule has 33 heavy (non-hydrogen) atoms. The molecule has 2 aliphatic carbocycles. The highest BCUT2D eigenvalue weighted by Crippen LogP contribution is 2.41. The fourth-order valence-corrected chi connectivity index (χ4v) is 7.23. The van der Waals surface area contributed by atoms with Crippen LogP contribution in [0, 0.1) is 0 Å². The molecule has 0 aromatic carbocycles. The summed E-state index contributed by atoms with van der Waals surface area (Å²) >= 11 is 1.18. The number of aromatic amines is 1. The van der Waals surface area contributed by atoms with Crippen molar-refractivity contribution in [3.8, 4) is 0 Å². The standard InChI is InChI=1S/C21H27N5O5S2/c1-3-25(14-8-9-33(30,31)10-14)20(28)11(2)32-19-15-17(22-16(23-19)12-4-5-12)26(13-6-7-13)21(29)24-18(15)27/h11-14H,3-10H2,1-2H3,(H,24,27,29)/t11-,14+/m1/s1. The summed E-state index contributed by atoms with van der Waals surface area (Å²) in [6.07, 6.45) is 4.07. The van der Waals surface area contributed by atoms with E-state index >= 15 is 0 Å². The SMILES string of the molecule is CCN(C(=O)[C@@H](C)Sc1nc(C2CC2)nc2c1c(=O)[nH]c(=O)n2C1CC1)[C@H]1CCS(=O)(=O)C1. The highest BCUT2D eigenvalue weighted by Gasteiger charge is 2.37. The number of carbonyl (C=O) groups is 1. The topological polar surface area (TPSA) is 135 Å². The molecule has 1 aliphatic heterocycles. The minimum absolute atomic E-state index is 0.0143. The minimum atomic E-state index is -3.12. The van der Waals surface area contributed by atoms with Crippen molar-refractivity contribution < 1.29 is 13.2 Å². The van der Waals surface area contributed by atoms with Crippen molar-refractivity contribution in [1.29, 1.82) is 0 Å². The second kappa shape index (κ2) is 8.23. The van der Waals surface area contributed by atoms with Crippen molar-refractivity contribution in [3.05, 3.63) is 26.7 Å². The van der Waals surface area contributed by atoms with Crippen LogP contribution < -0.4 is 11.2 Å². The van der Waals surface area contributed by atoms with Crippen molar-refractivity contribution in [2.45, 2.75) is 74.2 Å². The first kappa shape index (κ1) is 22.6. The number of sulfone groups is 1. The molecule has 2 saturated carbocycles. The fraction of sp³-hybridized carbons (Fsp3) is 0.667. The Kier molecular flexibility index (Phi) is 5.63. The van der Waals surface area contributed by atoms with Crippen molar-refractivity contribution >= 4 is 38.5 Å². The number of thioether (sulfide) groups is 1. The summed E-state index contributed by atoms with van der Waals surface area (Å²) in [6, 6.07) is -0.307. The second-order valence-electron chi connectivity index (χ2n) is 9.16. The molecule has 10 nitrogen and oxygen atoms in total. The van der Waals surface area contributed by atoms with Gasteiger partial charge in [-0.3, -0.25) is 19.1 Å². The molecule has 0 unspecified atom stereocenters. The molecule has 3 heterocycles. The number of aromatic nitrogens is 4. The summed E-state index contributed by atoms with van der Waals surface area (Å²) in [5.74, 6) is 0.713. The summed E-state index contributed by atoms with van der Waals surface area (Å²) in [5, 5.41) is 0.0506. The first-order valence-corrected chi connectivity index (χ1v) is 14.1. The van der Waals surface area contributed by atoms with Gasteiger partial charge in [-0.2, -0.15) is 0 Å². The third-order valence-electron chi connectivity index (χ3n) is 6.53. The van der Waals surface area contributed by atoms with Crippen LogP contribution in [0.1, 0.15) is 63.7 Å². The zero-order valence-corrected chi connectivity index (χ0v) is 20.2. The van der Waals surface area contributed by atoms with Crippen LogP contribution in [0.2, 0.25) is 0 Å². The van der Waals surface area contributed by atoms with Gasteiger partial charge in [0.2, 0.25) is 5.91 Å². The molecule has 0 radical (unpaired) electrons. The number of nitrogens with one attached hydrogen (secondary N) is 1. The molecule has 2 atom stereocenters. The highest BCUT2D eigenvalue weighted by atomic mass is 32.2. The zero-order valence-electron chi connectivity index (χ0n) is 18.6. The van der Waals surface area contributed by atoms with Crippen molar-refractivity contribution in [2.24, 2.45) is 0 Å². The molecule has 5 rings (SSSR count). The van der Waals surface area contributed by atoms with E-state index in [1.165, 1.54) is 11.8 Å². The minimum Gasteiger partial charge on any atom is -0.338 e. The Balaban J connectivity index is 1.51. The molecular formula is C21H27N5O5S2. The van der Waals surface area contributed by atoms with Gasteiger partial charge < -0.3 is 4.90 Å². The van der Waals surface area contributed by atoms with Gasteiger partial charge in [-0.25, -0.2) is 23.2 Å². The molecule has 1 saturated heterocycles. The Bertz CT molecular complexity index is 1340. The van der Waals surface area contributed by atoms with E-state index < -0.39 is 26.3 Å². The lowest BCUT2D eigenvalue weighted by molar-refractivity contribution is -0.131. The Morgan fingerprint density at radius 1 is 1.21 bits per heavy atom. The van der Waals surface area contributed by atoms with Gasteiger partial charge >= 0.3 is 5.69 Å². The van der Waals surface area contributed by atoms with Crippen LogP contribution in [-0.4, -0.2) is 68.1 Å². The Morgan fingerprint density at radius 2 is 1.94 bits per heavy atom. The van der Waals surface area contributed by atoms with Crippen LogP contribution in [-0.2, 0) is 14.6 Å². The average Bonchev–Trinajstić information content (AvgIpc) is 3.66. The number of nitrogens with zero attached hydrogens (tertiary/aromatic N) is 4. The Labute approximate surface area is 195 Å². The number of hydrogen-bond acceptors (Lipinski definition) is 8. The molecule has 178 valence electrons. The molecule has 0 bridgehead atoms. The highest BCUT2D eigenvalue weighted by molar-refractivity contribution is 8.00. The van der Waals surface area contributed by atoms with E-state index in [1.807, 2.05) is 6.92 Å². The predicted molar refractivity (Wildman–Crippen MR) is 124 cm³/mol. The van der Waals surface area contributed by atoms with Crippen molar-refractivity contribution in [3.63, 3.8) is 0 Å². The molecule has 1 N–H and O–H groups in total. The van der Waals surface area contributed by atoms with Crippen LogP contribution in [0.15, 0.2) is 14.6 Å². The van der Waals surface area contributed by atoms with Crippen LogP contribution in [0.3, 0.4) is 0 Å². The Morgan fingerprint density at radius 3 is 2.52 bits per heavy atom. The first-order valence-electron chi connectivity index (χ1n) is 11.4. The van der Waals surface area contributed by atoms with Gasteiger partial charge in [0.1, 0.15) is 16.2 Å². The number of fused-ring (bicyclic) bond motifs is 1. The van der Waals surface area contributed by atoms with Gasteiger partial charge in [0.15, 0.2) is 15.5 Å². The van der Waals surface area contributed by atoms with E-state index in [2.05, 4.69) is 15.0 Å². The summed E-state index contributed by atoms with van der Waals surface area (Å²) in [6.45, 7) is 3.99. The number of carbonyl (C=O) groups excluding carboxylic acids is 1. The Hall–Kier alpha value is -2.21. The average molecular weight is 494 g/mol. The predicted octanol–water partition coefficient (Wildman–Crippen LogP) is 1.21. The number of amides is 1. The fourth-order valence-electron chi connectivity index (χ4n) is 4.48. The number of rotatable bonds is 7. The van der Waals surface area contributed by atoms with Crippen molar-refractivity contribution in [2.75, 3.05) is 18.1 Å². The molecule has 1 amide bonds. The van der Waals surface area contributed by atoms with E-state index in [-0.39, 0.29) is 40.8 Å². The molecule has 3 fully saturated rings. The number of H-pyrrole nitrogens is 1. The van der Waals surface area contributed by atoms with Gasteiger partial charge in [-0.05, 0) is 46.0 Å². The molecule has 12 heteroatoms. The third kappa shape index (κ3) is 4.34. The molecular weight excluding hydrogens is 466 g/mol.